The first kappa shape index (κ1) is 14.1. The zero-order valence-corrected chi connectivity index (χ0v) is 12.1. The van der Waals surface area contributed by atoms with Crippen molar-refractivity contribution in [1.82, 2.24) is 0 Å². The lowest BCUT2D eigenvalue weighted by Gasteiger charge is -2.10. The molecule has 0 aromatic heterocycles. The van der Waals surface area contributed by atoms with Crippen LogP contribution in [0.2, 0.25) is 0 Å². The van der Waals surface area contributed by atoms with Gasteiger partial charge in [-0.1, -0.05) is 12.1 Å². The van der Waals surface area contributed by atoms with Gasteiger partial charge in [-0.25, -0.2) is 8.42 Å². The molecule has 2 aromatic rings. The smallest absolute Gasteiger partial charge is 0.263 e. The Bertz CT molecular complexity index is 914. The number of rotatable bonds is 3. The highest BCUT2D eigenvalue weighted by molar-refractivity contribution is 7.92. The normalized spacial score (nSPS) is 13.1. The molecule has 1 amide bonds. The third kappa shape index (κ3) is 2.52. The van der Waals surface area contributed by atoms with Crippen LogP contribution in [-0.2, 0) is 21.2 Å². The van der Waals surface area contributed by atoms with E-state index in [1.807, 2.05) is 6.07 Å². The van der Waals surface area contributed by atoms with E-state index in [1.54, 1.807) is 30.3 Å². The van der Waals surface area contributed by atoms with E-state index in [4.69, 9.17) is 5.26 Å². The van der Waals surface area contributed by atoms with Crippen molar-refractivity contribution in [2.45, 2.75) is 11.3 Å². The molecule has 1 aliphatic heterocycles. The van der Waals surface area contributed by atoms with Gasteiger partial charge in [-0.2, -0.15) is 5.26 Å². The third-order valence-corrected chi connectivity index (χ3v) is 4.72. The molecule has 0 unspecified atom stereocenters. The van der Waals surface area contributed by atoms with Crippen LogP contribution in [-0.4, -0.2) is 14.3 Å². The standard InChI is InChI=1S/C15H11N3O3S/c16-9-10-3-1-2-4-14(10)22(20,21)18-12-5-6-13-11(7-12)8-15(19)17-13/h1-7,18H,8H2,(H,17,19). The summed E-state index contributed by atoms with van der Waals surface area (Å²) < 4.78 is 27.2. The fraction of sp³-hybridized carbons (Fsp3) is 0.0667. The molecule has 7 heteroatoms. The molecule has 110 valence electrons. The largest absolute Gasteiger partial charge is 0.326 e. The maximum absolute atomic E-state index is 12.4. The summed E-state index contributed by atoms with van der Waals surface area (Å²) in [6.07, 6.45) is 0.222. The van der Waals surface area contributed by atoms with Crippen LogP contribution in [0.4, 0.5) is 11.4 Å². The van der Waals surface area contributed by atoms with E-state index in [9.17, 15) is 13.2 Å². The van der Waals surface area contributed by atoms with Crippen LogP contribution < -0.4 is 10.0 Å². The number of fused-ring (bicyclic) bond motifs is 1. The molecule has 0 bridgehead atoms. The van der Waals surface area contributed by atoms with E-state index in [0.29, 0.717) is 11.4 Å². The van der Waals surface area contributed by atoms with Gasteiger partial charge in [-0.15, -0.1) is 0 Å². The average molecular weight is 313 g/mol. The van der Waals surface area contributed by atoms with Gasteiger partial charge < -0.3 is 5.32 Å². The predicted molar refractivity (Wildman–Crippen MR) is 80.7 cm³/mol. The zero-order chi connectivity index (χ0) is 15.7. The molecular weight excluding hydrogens is 302 g/mol. The first-order chi connectivity index (χ1) is 10.5. The van der Waals surface area contributed by atoms with Gasteiger partial charge in [0.15, 0.2) is 0 Å². The van der Waals surface area contributed by atoms with Crippen LogP contribution in [0.1, 0.15) is 11.1 Å². The number of nitriles is 1. The topological polar surface area (TPSA) is 99.1 Å². The van der Waals surface area contributed by atoms with Crippen LogP contribution in [0.3, 0.4) is 0 Å². The number of hydrogen-bond donors (Lipinski definition) is 2. The van der Waals surface area contributed by atoms with Crippen molar-refractivity contribution in [3.05, 3.63) is 53.6 Å². The summed E-state index contributed by atoms with van der Waals surface area (Å²) in [5, 5.41) is 11.7. The molecule has 0 saturated heterocycles. The van der Waals surface area contributed by atoms with Gasteiger partial charge in [0.1, 0.15) is 11.0 Å². The van der Waals surface area contributed by atoms with Gasteiger partial charge in [0, 0.05) is 11.4 Å². The fourth-order valence-electron chi connectivity index (χ4n) is 2.30. The maximum atomic E-state index is 12.4. The summed E-state index contributed by atoms with van der Waals surface area (Å²) in [7, 11) is -3.86. The van der Waals surface area contributed by atoms with Gasteiger partial charge in [-0.3, -0.25) is 9.52 Å². The number of sulfonamides is 1. The minimum Gasteiger partial charge on any atom is -0.326 e. The predicted octanol–water partition coefficient (Wildman–Crippen LogP) is 1.85. The third-order valence-electron chi connectivity index (χ3n) is 3.28. The second kappa shape index (κ2) is 5.16. The Hall–Kier alpha value is -2.85. The molecule has 0 atom stereocenters. The number of nitrogens with zero attached hydrogens (tertiary/aromatic N) is 1. The summed E-state index contributed by atoms with van der Waals surface area (Å²) in [6, 6.07) is 12.7. The Morgan fingerprint density at radius 2 is 1.95 bits per heavy atom. The van der Waals surface area contributed by atoms with E-state index in [0.717, 1.165) is 5.56 Å². The van der Waals surface area contributed by atoms with E-state index in [2.05, 4.69) is 10.0 Å². The number of anilines is 2. The second-order valence-electron chi connectivity index (χ2n) is 4.81. The van der Waals surface area contributed by atoms with Crippen molar-refractivity contribution in [3.8, 4) is 6.07 Å². The lowest BCUT2D eigenvalue weighted by molar-refractivity contribution is -0.115. The molecule has 0 saturated carbocycles. The van der Waals surface area contributed by atoms with Crippen LogP contribution in [0.15, 0.2) is 47.4 Å². The molecule has 2 aromatic carbocycles. The molecule has 2 N–H and O–H groups in total. The van der Waals surface area contributed by atoms with Crippen molar-refractivity contribution < 1.29 is 13.2 Å². The molecule has 0 spiro atoms. The minimum atomic E-state index is -3.86. The fourth-order valence-corrected chi connectivity index (χ4v) is 3.50. The molecule has 6 nitrogen and oxygen atoms in total. The van der Waals surface area contributed by atoms with Crippen molar-refractivity contribution in [2.24, 2.45) is 0 Å². The summed E-state index contributed by atoms with van der Waals surface area (Å²) in [5.74, 6) is -0.121. The Kier molecular flexibility index (Phi) is 3.31. The van der Waals surface area contributed by atoms with E-state index >= 15 is 0 Å². The zero-order valence-electron chi connectivity index (χ0n) is 11.3. The molecule has 1 aliphatic rings. The maximum Gasteiger partial charge on any atom is 0.263 e. The molecule has 22 heavy (non-hydrogen) atoms. The highest BCUT2D eigenvalue weighted by Crippen LogP contribution is 2.27. The number of carbonyl (C=O) groups excluding carboxylic acids is 1. The first-order valence-electron chi connectivity index (χ1n) is 6.44. The van der Waals surface area contributed by atoms with Crippen LogP contribution in [0.5, 0.6) is 0 Å². The van der Waals surface area contributed by atoms with E-state index in [1.165, 1.54) is 12.1 Å². The Morgan fingerprint density at radius 1 is 1.18 bits per heavy atom. The van der Waals surface area contributed by atoms with Gasteiger partial charge in [0.25, 0.3) is 10.0 Å². The quantitative estimate of drug-likeness (QED) is 0.903. The van der Waals surface area contributed by atoms with E-state index < -0.39 is 10.0 Å². The number of hydrogen-bond acceptors (Lipinski definition) is 4. The Morgan fingerprint density at radius 3 is 2.73 bits per heavy atom. The van der Waals surface area contributed by atoms with Crippen LogP contribution in [0.25, 0.3) is 0 Å². The van der Waals surface area contributed by atoms with Crippen molar-refractivity contribution in [1.29, 1.82) is 5.26 Å². The highest BCUT2D eigenvalue weighted by Gasteiger charge is 2.21. The van der Waals surface area contributed by atoms with Crippen LogP contribution in [0, 0.1) is 11.3 Å². The molecule has 1 heterocycles. The number of benzene rings is 2. The lowest BCUT2D eigenvalue weighted by atomic mass is 10.1. The van der Waals surface area contributed by atoms with Gasteiger partial charge in [-0.05, 0) is 35.9 Å². The average Bonchev–Trinajstić information content (AvgIpc) is 2.86. The Balaban J connectivity index is 1.95. The molecule has 3 rings (SSSR count). The van der Waals surface area contributed by atoms with Crippen molar-refractivity contribution >= 4 is 27.3 Å². The first-order valence-corrected chi connectivity index (χ1v) is 7.92. The van der Waals surface area contributed by atoms with Gasteiger partial charge >= 0.3 is 0 Å². The number of carbonyl (C=O) groups is 1. The summed E-state index contributed by atoms with van der Waals surface area (Å²) >= 11 is 0. The molecule has 0 radical (unpaired) electrons. The lowest BCUT2D eigenvalue weighted by Crippen LogP contribution is -2.14. The molecule has 0 aliphatic carbocycles. The van der Waals surface area contributed by atoms with Crippen molar-refractivity contribution in [3.63, 3.8) is 0 Å². The van der Waals surface area contributed by atoms with Gasteiger partial charge in [0.05, 0.1) is 12.0 Å². The minimum absolute atomic E-state index is 0.0767. The van der Waals surface area contributed by atoms with Crippen molar-refractivity contribution in [2.75, 3.05) is 10.0 Å². The summed E-state index contributed by atoms with van der Waals surface area (Å²) in [6.45, 7) is 0. The Labute approximate surface area is 127 Å². The molecular formula is C15H11N3O3S. The van der Waals surface area contributed by atoms with Crippen LogP contribution >= 0.6 is 0 Å². The molecule has 0 fully saturated rings. The second-order valence-corrected chi connectivity index (χ2v) is 6.46. The number of amides is 1. The monoisotopic (exact) mass is 313 g/mol. The summed E-state index contributed by atoms with van der Waals surface area (Å²) in [5.41, 5.74) is 1.85. The number of nitrogens with one attached hydrogen (secondary N) is 2. The SMILES string of the molecule is N#Cc1ccccc1S(=O)(=O)Nc1ccc2c(c1)CC(=O)N2. The van der Waals surface area contributed by atoms with E-state index in [-0.39, 0.29) is 22.8 Å². The summed E-state index contributed by atoms with van der Waals surface area (Å²) in [4.78, 5) is 11.2. The van der Waals surface area contributed by atoms with Gasteiger partial charge in [0.2, 0.25) is 5.91 Å². The highest BCUT2D eigenvalue weighted by atomic mass is 32.2.